The van der Waals surface area contributed by atoms with Crippen molar-refractivity contribution in [3.05, 3.63) is 22.4 Å². The highest BCUT2D eigenvalue weighted by atomic mass is 79.9. The van der Waals surface area contributed by atoms with Crippen LogP contribution in [0.1, 0.15) is 19.0 Å². The molecule has 2 aromatic heterocycles. The summed E-state index contributed by atoms with van der Waals surface area (Å²) in [7, 11) is 0. The van der Waals surface area contributed by atoms with E-state index in [0.717, 1.165) is 41.1 Å². The molecular formula is C11H16BrN5. The van der Waals surface area contributed by atoms with Gasteiger partial charge >= 0.3 is 0 Å². The summed E-state index contributed by atoms with van der Waals surface area (Å²) in [5, 5.41) is 7.72. The summed E-state index contributed by atoms with van der Waals surface area (Å²) in [6, 6.07) is 3.90. The van der Waals surface area contributed by atoms with Crippen molar-refractivity contribution >= 4 is 27.4 Å². The monoisotopic (exact) mass is 297 g/mol. The van der Waals surface area contributed by atoms with E-state index in [9.17, 15) is 0 Å². The van der Waals surface area contributed by atoms with Crippen LogP contribution < -0.4 is 11.1 Å². The largest absolute Gasteiger partial charge is 0.369 e. The van der Waals surface area contributed by atoms with E-state index in [2.05, 4.69) is 38.3 Å². The standard InChI is InChI=1S/C11H16BrN5/c1-2-7-14-9-3-4-10-15-8(5-6-13)11(12)17(10)16-9/h3-4H,2,5-7,13H2,1H3,(H,14,16). The molecule has 0 bridgehead atoms. The molecule has 0 aliphatic carbocycles. The Kier molecular flexibility index (Phi) is 3.96. The lowest BCUT2D eigenvalue weighted by Gasteiger charge is -2.03. The Morgan fingerprint density at radius 2 is 2.29 bits per heavy atom. The van der Waals surface area contributed by atoms with Gasteiger partial charge in [-0.25, -0.2) is 9.50 Å². The first kappa shape index (κ1) is 12.3. The third-order valence-electron chi connectivity index (χ3n) is 2.43. The van der Waals surface area contributed by atoms with Gasteiger partial charge in [-0.05, 0) is 41.0 Å². The number of aromatic nitrogens is 3. The lowest BCUT2D eigenvalue weighted by molar-refractivity contribution is 0.879. The van der Waals surface area contributed by atoms with Crippen LogP contribution in [0.3, 0.4) is 0 Å². The number of hydrogen-bond donors (Lipinski definition) is 2. The third kappa shape index (κ3) is 2.58. The number of halogens is 1. The smallest absolute Gasteiger partial charge is 0.155 e. The van der Waals surface area contributed by atoms with Crippen LogP contribution in [-0.4, -0.2) is 27.7 Å². The van der Waals surface area contributed by atoms with E-state index in [1.54, 1.807) is 4.52 Å². The molecule has 92 valence electrons. The second-order valence-electron chi connectivity index (χ2n) is 3.80. The van der Waals surface area contributed by atoms with Crippen LogP contribution in [0, 0.1) is 0 Å². The van der Waals surface area contributed by atoms with Crippen LogP contribution in [-0.2, 0) is 6.42 Å². The van der Waals surface area contributed by atoms with Gasteiger partial charge in [0.15, 0.2) is 5.65 Å². The summed E-state index contributed by atoms with van der Waals surface area (Å²) in [5.74, 6) is 0.858. The van der Waals surface area contributed by atoms with Crippen LogP contribution in [0.5, 0.6) is 0 Å². The van der Waals surface area contributed by atoms with Gasteiger partial charge in [-0.2, -0.15) is 0 Å². The highest BCUT2D eigenvalue weighted by Crippen LogP contribution is 2.19. The van der Waals surface area contributed by atoms with E-state index in [0.29, 0.717) is 6.54 Å². The minimum Gasteiger partial charge on any atom is -0.369 e. The SMILES string of the molecule is CCCNc1ccc2nc(CCN)c(Br)n2n1. The second-order valence-corrected chi connectivity index (χ2v) is 4.55. The fraction of sp³-hybridized carbons (Fsp3) is 0.455. The molecular weight excluding hydrogens is 282 g/mol. The molecule has 0 saturated carbocycles. The topological polar surface area (TPSA) is 68.2 Å². The maximum absolute atomic E-state index is 5.54. The number of nitrogens with one attached hydrogen (secondary N) is 1. The molecule has 6 heteroatoms. The first-order chi connectivity index (χ1) is 8.26. The zero-order chi connectivity index (χ0) is 12.3. The zero-order valence-electron chi connectivity index (χ0n) is 9.78. The molecule has 0 radical (unpaired) electrons. The quantitative estimate of drug-likeness (QED) is 0.883. The van der Waals surface area contributed by atoms with Crippen LogP contribution in [0.2, 0.25) is 0 Å². The Morgan fingerprint density at radius 1 is 1.47 bits per heavy atom. The van der Waals surface area contributed by atoms with Crippen molar-refractivity contribution in [3.63, 3.8) is 0 Å². The molecule has 17 heavy (non-hydrogen) atoms. The van der Waals surface area contributed by atoms with Gasteiger partial charge in [-0.1, -0.05) is 6.92 Å². The second kappa shape index (κ2) is 5.46. The van der Waals surface area contributed by atoms with Crippen LogP contribution in [0.25, 0.3) is 5.65 Å². The van der Waals surface area contributed by atoms with E-state index in [1.165, 1.54) is 0 Å². The highest BCUT2D eigenvalue weighted by Gasteiger charge is 2.10. The third-order valence-corrected chi connectivity index (χ3v) is 3.22. The summed E-state index contributed by atoms with van der Waals surface area (Å²) in [4.78, 5) is 4.47. The van der Waals surface area contributed by atoms with Gasteiger partial charge in [-0.3, -0.25) is 0 Å². The maximum atomic E-state index is 5.54. The van der Waals surface area contributed by atoms with Gasteiger partial charge in [0, 0.05) is 13.0 Å². The number of nitrogens with zero attached hydrogens (tertiary/aromatic N) is 3. The van der Waals surface area contributed by atoms with Crippen LogP contribution >= 0.6 is 15.9 Å². The van der Waals surface area contributed by atoms with Crippen molar-refractivity contribution in [1.82, 2.24) is 14.6 Å². The minimum absolute atomic E-state index is 0.587. The van der Waals surface area contributed by atoms with E-state index in [-0.39, 0.29) is 0 Å². The summed E-state index contributed by atoms with van der Waals surface area (Å²) in [5.41, 5.74) is 7.33. The van der Waals surface area contributed by atoms with Crippen molar-refractivity contribution in [3.8, 4) is 0 Å². The van der Waals surface area contributed by atoms with E-state index >= 15 is 0 Å². The number of hydrogen-bond acceptors (Lipinski definition) is 4. The molecule has 0 fully saturated rings. The lowest BCUT2D eigenvalue weighted by Crippen LogP contribution is -2.05. The zero-order valence-corrected chi connectivity index (χ0v) is 11.4. The maximum Gasteiger partial charge on any atom is 0.155 e. The average molecular weight is 298 g/mol. The lowest BCUT2D eigenvalue weighted by atomic mass is 10.3. The number of rotatable bonds is 5. The molecule has 0 saturated heterocycles. The molecule has 0 aromatic carbocycles. The number of imidazole rings is 1. The first-order valence-corrected chi connectivity index (χ1v) is 6.53. The molecule has 2 aromatic rings. The van der Waals surface area contributed by atoms with Crippen molar-refractivity contribution < 1.29 is 0 Å². The van der Waals surface area contributed by atoms with E-state index < -0.39 is 0 Å². The van der Waals surface area contributed by atoms with Crippen molar-refractivity contribution in [2.24, 2.45) is 5.73 Å². The molecule has 0 amide bonds. The fourth-order valence-corrected chi connectivity index (χ4v) is 2.14. The predicted molar refractivity (Wildman–Crippen MR) is 72.2 cm³/mol. The van der Waals surface area contributed by atoms with Crippen molar-refractivity contribution in [2.45, 2.75) is 19.8 Å². The van der Waals surface area contributed by atoms with Gasteiger partial charge in [-0.15, -0.1) is 5.10 Å². The van der Waals surface area contributed by atoms with Crippen LogP contribution in [0.15, 0.2) is 16.7 Å². The highest BCUT2D eigenvalue weighted by molar-refractivity contribution is 9.10. The normalized spacial score (nSPS) is 11.0. The molecule has 0 spiro atoms. The molecule has 2 heterocycles. The first-order valence-electron chi connectivity index (χ1n) is 5.74. The van der Waals surface area contributed by atoms with Gasteiger partial charge < -0.3 is 11.1 Å². The summed E-state index contributed by atoms with van der Waals surface area (Å²) >= 11 is 3.51. The Labute approximate surface area is 109 Å². The minimum atomic E-state index is 0.587. The Hall–Kier alpha value is -1.14. The summed E-state index contributed by atoms with van der Waals surface area (Å²) < 4.78 is 2.68. The van der Waals surface area contributed by atoms with E-state index in [4.69, 9.17) is 5.73 Å². The average Bonchev–Trinajstić information content (AvgIpc) is 2.65. The molecule has 3 N–H and O–H groups in total. The predicted octanol–water partition coefficient (Wildman–Crippen LogP) is 1.81. The Morgan fingerprint density at radius 3 is 3.00 bits per heavy atom. The van der Waals surface area contributed by atoms with Crippen LogP contribution in [0.4, 0.5) is 5.82 Å². The van der Waals surface area contributed by atoms with Crippen molar-refractivity contribution in [1.29, 1.82) is 0 Å². The Bertz CT molecular complexity index is 508. The van der Waals surface area contributed by atoms with Gasteiger partial charge in [0.2, 0.25) is 0 Å². The summed E-state index contributed by atoms with van der Waals surface area (Å²) in [6.45, 7) is 3.63. The molecule has 0 atom stereocenters. The Balaban J connectivity index is 2.35. The van der Waals surface area contributed by atoms with Gasteiger partial charge in [0.05, 0.1) is 5.69 Å². The molecule has 2 rings (SSSR count). The van der Waals surface area contributed by atoms with Crippen molar-refractivity contribution in [2.75, 3.05) is 18.4 Å². The van der Waals surface area contributed by atoms with E-state index in [1.807, 2.05) is 12.1 Å². The molecule has 5 nitrogen and oxygen atoms in total. The molecule has 0 aliphatic rings. The van der Waals surface area contributed by atoms with Gasteiger partial charge in [0.1, 0.15) is 10.4 Å². The number of anilines is 1. The summed E-state index contributed by atoms with van der Waals surface area (Å²) in [6.07, 6.45) is 1.82. The fourth-order valence-electron chi connectivity index (χ4n) is 1.60. The molecule has 0 unspecified atom stereocenters. The number of nitrogens with two attached hydrogens (primary N) is 1. The number of fused-ring (bicyclic) bond motifs is 1. The molecule has 0 aliphatic heterocycles. The van der Waals surface area contributed by atoms with Gasteiger partial charge in [0.25, 0.3) is 0 Å².